The largest absolute Gasteiger partial charge is 0.438 e. The second kappa shape index (κ2) is 7.46. The molecule has 0 amide bonds. The molecule has 30 heavy (non-hydrogen) atoms. The lowest BCUT2D eigenvalue weighted by atomic mass is 10.1. The van der Waals surface area contributed by atoms with Crippen LogP contribution in [0.3, 0.4) is 0 Å². The Labute approximate surface area is 168 Å². The van der Waals surface area contributed by atoms with Crippen molar-refractivity contribution in [2.75, 3.05) is 0 Å². The van der Waals surface area contributed by atoms with Gasteiger partial charge in [-0.1, -0.05) is 33.3 Å². The highest BCUT2D eigenvalue weighted by Gasteiger charge is 2.65. The summed E-state index contributed by atoms with van der Waals surface area (Å²) in [7, 11) is -9.77. The van der Waals surface area contributed by atoms with Crippen molar-refractivity contribution in [1.82, 2.24) is 9.97 Å². The van der Waals surface area contributed by atoms with E-state index in [4.69, 9.17) is 10.00 Å². The van der Waals surface area contributed by atoms with Crippen LogP contribution in [0.1, 0.15) is 19.4 Å². The topological polar surface area (TPSA) is 78.8 Å². The van der Waals surface area contributed by atoms with Gasteiger partial charge < -0.3 is 9.72 Å². The van der Waals surface area contributed by atoms with Crippen molar-refractivity contribution in [2.45, 2.75) is 18.7 Å². The van der Waals surface area contributed by atoms with Crippen molar-refractivity contribution in [3.05, 3.63) is 70.8 Å². The summed E-state index contributed by atoms with van der Waals surface area (Å²) < 4.78 is 69.4. The molecule has 11 heteroatoms. The zero-order chi connectivity index (χ0) is 22.6. The van der Waals surface area contributed by atoms with Gasteiger partial charge in [-0.3, -0.25) is 4.79 Å². The fraction of sp³-hybridized carbons (Fsp3) is 0.105. The SMILES string of the molecule is CC.N#Cc1cc(-c2cccnc2Oc2ccc(S(F)(F)(F)(F)F)cc2)c[nH]c1=O. The zero-order valence-corrected chi connectivity index (χ0v) is 16.5. The number of aromatic nitrogens is 2. The number of nitrogens with one attached hydrogen (secondary N) is 1. The van der Waals surface area contributed by atoms with Gasteiger partial charge in [-0.05, 0) is 42.5 Å². The maximum atomic E-state index is 12.8. The number of aromatic amines is 1. The number of hydrogen-bond donors (Lipinski definition) is 1. The molecule has 0 aliphatic carbocycles. The molecule has 5 nitrogen and oxygen atoms in total. The lowest BCUT2D eigenvalue weighted by Crippen LogP contribution is -2.09. The Kier molecular flexibility index (Phi) is 5.69. The molecule has 0 bridgehead atoms. The average molecular weight is 445 g/mol. The van der Waals surface area contributed by atoms with E-state index in [-0.39, 0.29) is 29.3 Å². The first kappa shape index (κ1) is 22.9. The van der Waals surface area contributed by atoms with Gasteiger partial charge in [0.05, 0.1) is 0 Å². The van der Waals surface area contributed by atoms with Crippen LogP contribution in [0.4, 0.5) is 19.4 Å². The molecule has 2 heterocycles. The molecule has 0 saturated carbocycles. The van der Waals surface area contributed by atoms with Crippen LogP contribution in [0.25, 0.3) is 11.1 Å². The highest BCUT2D eigenvalue weighted by Crippen LogP contribution is 3.02. The number of ether oxygens (including phenoxy) is 1. The molecule has 160 valence electrons. The molecular formula is C19H16F5N3O2S. The van der Waals surface area contributed by atoms with Crippen LogP contribution in [0, 0.1) is 11.3 Å². The lowest BCUT2D eigenvalue weighted by Gasteiger charge is -2.40. The van der Waals surface area contributed by atoms with Crippen molar-refractivity contribution >= 4 is 10.2 Å². The Morgan fingerprint density at radius 3 is 2.27 bits per heavy atom. The molecule has 3 aromatic rings. The van der Waals surface area contributed by atoms with E-state index in [0.717, 1.165) is 12.1 Å². The van der Waals surface area contributed by atoms with Gasteiger partial charge in [-0.2, -0.15) is 5.26 Å². The van der Waals surface area contributed by atoms with E-state index in [2.05, 4.69) is 9.97 Å². The fourth-order valence-electron chi connectivity index (χ4n) is 2.29. The average Bonchev–Trinajstić information content (AvgIpc) is 2.69. The van der Waals surface area contributed by atoms with Crippen LogP contribution >= 0.6 is 10.2 Å². The van der Waals surface area contributed by atoms with Crippen molar-refractivity contribution in [3.63, 3.8) is 0 Å². The minimum absolute atomic E-state index is 0.0569. The predicted molar refractivity (Wildman–Crippen MR) is 104 cm³/mol. The van der Waals surface area contributed by atoms with Gasteiger partial charge >= 0.3 is 10.2 Å². The van der Waals surface area contributed by atoms with Gasteiger partial charge in [-0.25, -0.2) is 4.98 Å². The van der Waals surface area contributed by atoms with Crippen molar-refractivity contribution in [3.8, 4) is 28.8 Å². The summed E-state index contributed by atoms with van der Waals surface area (Å²) in [6, 6.07) is 8.05. The predicted octanol–water partition coefficient (Wildman–Crippen LogP) is 6.78. The number of rotatable bonds is 4. The molecule has 0 spiro atoms. The van der Waals surface area contributed by atoms with Crippen molar-refractivity contribution in [2.24, 2.45) is 0 Å². The summed E-state index contributed by atoms with van der Waals surface area (Å²) in [4.78, 5) is 15.8. The third kappa shape index (κ3) is 5.36. The summed E-state index contributed by atoms with van der Waals surface area (Å²) in [6.45, 7) is 4.00. The van der Waals surface area contributed by atoms with Crippen LogP contribution in [-0.4, -0.2) is 9.97 Å². The molecule has 0 aliphatic rings. The van der Waals surface area contributed by atoms with Crippen LogP contribution < -0.4 is 10.3 Å². The number of pyridine rings is 2. The highest BCUT2D eigenvalue weighted by molar-refractivity contribution is 8.45. The van der Waals surface area contributed by atoms with Gasteiger partial charge in [0.25, 0.3) is 5.56 Å². The van der Waals surface area contributed by atoms with Gasteiger partial charge in [0, 0.05) is 23.5 Å². The first-order valence-electron chi connectivity index (χ1n) is 8.47. The third-order valence-electron chi connectivity index (χ3n) is 3.59. The first-order chi connectivity index (χ1) is 13.9. The van der Waals surface area contributed by atoms with Gasteiger partial charge in [0.2, 0.25) is 5.88 Å². The van der Waals surface area contributed by atoms with Crippen LogP contribution in [0.5, 0.6) is 11.6 Å². The zero-order valence-electron chi connectivity index (χ0n) is 15.7. The van der Waals surface area contributed by atoms with E-state index in [9.17, 15) is 24.2 Å². The van der Waals surface area contributed by atoms with Crippen LogP contribution in [0.2, 0.25) is 0 Å². The van der Waals surface area contributed by atoms with Gasteiger partial charge in [0.1, 0.15) is 22.3 Å². The fourth-order valence-corrected chi connectivity index (χ4v) is 2.94. The van der Waals surface area contributed by atoms with E-state index >= 15 is 0 Å². The summed E-state index contributed by atoms with van der Waals surface area (Å²) in [5, 5.41) is 8.96. The highest BCUT2D eigenvalue weighted by atomic mass is 32.5. The monoisotopic (exact) mass is 445 g/mol. The van der Waals surface area contributed by atoms with E-state index in [1.807, 2.05) is 13.8 Å². The minimum atomic E-state index is -9.77. The molecule has 1 aromatic carbocycles. The number of H-pyrrole nitrogens is 1. The molecule has 1 N–H and O–H groups in total. The Morgan fingerprint density at radius 2 is 1.70 bits per heavy atom. The number of benzene rings is 1. The number of nitrogens with zero attached hydrogens (tertiary/aromatic N) is 2. The maximum Gasteiger partial charge on any atom is 0.310 e. The summed E-state index contributed by atoms with van der Waals surface area (Å²) in [5.74, 6) is -0.214. The molecule has 2 aromatic heterocycles. The van der Waals surface area contributed by atoms with Crippen molar-refractivity contribution in [1.29, 1.82) is 5.26 Å². The number of nitriles is 1. The van der Waals surface area contributed by atoms with Gasteiger partial charge in [-0.15, -0.1) is 0 Å². The van der Waals surface area contributed by atoms with E-state index in [0.29, 0.717) is 11.1 Å². The van der Waals surface area contributed by atoms with Crippen LogP contribution in [-0.2, 0) is 0 Å². The number of halogens is 5. The summed E-state index contributed by atoms with van der Waals surface area (Å²) >= 11 is 0. The van der Waals surface area contributed by atoms with Crippen LogP contribution in [0.15, 0.2) is 64.5 Å². The molecule has 0 aliphatic heterocycles. The van der Waals surface area contributed by atoms with E-state index in [1.54, 1.807) is 12.1 Å². The smallest absolute Gasteiger partial charge is 0.310 e. The normalized spacial score (nSPS) is 13.1. The molecule has 0 radical (unpaired) electrons. The molecule has 0 fully saturated rings. The summed E-state index contributed by atoms with van der Waals surface area (Å²) in [6.07, 6.45) is 2.66. The Hall–Kier alpha value is -3.39. The number of hydrogen-bond acceptors (Lipinski definition) is 4. The minimum Gasteiger partial charge on any atom is -0.438 e. The van der Waals surface area contributed by atoms with E-state index in [1.165, 1.54) is 24.5 Å². The Bertz CT molecular complexity index is 1150. The standard InChI is InChI=1S/C17H10F5N3O2S.C2H6/c18-28(19,20,21,22)14-5-3-13(4-6-14)27-17-15(2-1-7-24-17)12-8-11(9-23)16(26)25-10-12;1-2/h1-8,10H,(H,25,26);1-2H3. The Balaban J connectivity index is 0.00000155. The third-order valence-corrected chi connectivity index (χ3v) is 4.75. The maximum absolute atomic E-state index is 12.8. The first-order valence-corrected chi connectivity index (χ1v) is 10.4. The molecule has 0 unspecified atom stereocenters. The second-order valence-electron chi connectivity index (χ2n) is 5.64. The second-order valence-corrected chi connectivity index (χ2v) is 8.05. The molecule has 0 atom stereocenters. The summed E-state index contributed by atoms with van der Waals surface area (Å²) in [5.41, 5.74) is -0.0633. The lowest BCUT2D eigenvalue weighted by molar-refractivity contribution is 0.363. The Morgan fingerprint density at radius 1 is 1.07 bits per heavy atom. The quantitative estimate of drug-likeness (QED) is 0.449. The van der Waals surface area contributed by atoms with E-state index < -0.39 is 20.7 Å². The van der Waals surface area contributed by atoms with Gasteiger partial charge in [0.15, 0.2) is 0 Å². The molecule has 3 rings (SSSR count). The van der Waals surface area contributed by atoms with Crippen molar-refractivity contribution < 1.29 is 24.2 Å². The molecular weight excluding hydrogens is 429 g/mol. The molecule has 0 saturated heterocycles.